The number of carbonyl (C=O) groups is 1. The Morgan fingerprint density at radius 3 is 2.67 bits per heavy atom. The van der Waals surface area contributed by atoms with Gasteiger partial charge in [0.1, 0.15) is 0 Å². The molecule has 1 aliphatic rings. The molecule has 5 nitrogen and oxygen atoms in total. The summed E-state index contributed by atoms with van der Waals surface area (Å²) in [6.07, 6.45) is 11.4. The number of nitrogens with zero attached hydrogens (tertiary/aromatic N) is 2. The van der Waals surface area contributed by atoms with E-state index in [0.717, 1.165) is 41.8 Å². The fraction of sp³-hybridized carbons (Fsp3) is 0.452. The summed E-state index contributed by atoms with van der Waals surface area (Å²) in [5.74, 6) is 0.306. The SMILES string of the molecule is CC.CCC=C1CC=C(N=CC(C)N[C@@H](C)c2cccc(NC(=O)c3cnc(C)c(C)c3)c2)C(C)C1.[HH].[HH]. The molecule has 1 aromatic carbocycles. The first-order chi connectivity index (χ1) is 17.3. The van der Waals surface area contributed by atoms with Gasteiger partial charge in [-0.2, -0.15) is 0 Å². The van der Waals surface area contributed by atoms with E-state index >= 15 is 0 Å². The van der Waals surface area contributed by atoms with Gasteiger partial charge >= 0.3 is 0 Å². The van der Waals surface area contributed by atoms with Crippen molar-refractivity contribution in [1.29, 1.82) is 0 Å². The molecule has 2 unspecified atom stereocenters. The summed E-state index contributed by atoms with van der Waals surface area (Å²) in [5, 5.41) is 6.59. The van der Waals surface area contributed by atoms with E-state index < -0.39 is 0 Å². The zero-order chi connectivity index (χ0) is 26.7. The number of anilines is 1. The molecular weight excluding hydrogens is 444 g/mol. The van der Waals surface area contributed by atoms with Gasteiger partial charge in [-0.05, 0) is 76.3 Å². The highest BCUT2D eigenvalue weighted by Crippen LogP contribution is 2.29. The molecule has 0 spiro atoms. The van der Waals surface area contributed by atoms with E-state index in [-0.39, 0.29) is 20.8 Å². The fourth-order valence-corrected chi connectivity index (χ4v) is 4.24. The van der Waals surface area contributed by atoms with Crippen LogP contribution in [0, 0.1) is 19.8 Å². The lowest BCUT2D eigenvalue weighted by Crippen LogP contribution is -2.30. The Morgan fingerprint density at radius 2 is 2.00 bits per heavy atom. The highest BCUT2D eigenvalue weighted by molar-refractivity contribution is 6.04. The van der Waals surface area contributed by atoms with Crippen LogP contribution in [0.15, 0.2) is 64.9 Å². The van der Waals surface area contributed by atoms with Gasteiger partial charge < -0.3 is 10.6 Å². The van der Waals surface area contributed by atoms with Gasteiger partial charge in [0.25, 0.3) is 5.91 Å². The van der Waals surface area contributed by atoms with Crippen molar-refractivity contribution in [3.63, 3.8) is 0 Å². The molecule has 1 heterocycles. The van der Waals surface area contributed by atoms with Crippen LogP contribution in [0.4, 0.5) is 5.69 Å². The molecule has 1 amide bonds. The molecule has 3 atom stereocenters. The maximum absolute atomic E-state index is 12.7. The normalized spacial score (nSPS) is 18.3. The first kappa shape index (κ1) is 29.2. The molecule has 3 rings (SSSR count). The fourth-order valence-electron chi connectivity index (χ4n) is 4.24. The van der Waals surface area contributed by atoms with Crippen LogP contribution in [0.5, 0.6) is 0 Å². The minimum Gasteiger partial charge on any atom is -0.322 e. The topological polar surface area (TPSA) is 66.4 Å². The molecule has 0 bridgehead atoms. The third-order valence-corrected chi connectivity index (χ3v) is 6.35. The van der Waals surface area contributed by atoms with Gasteiger partial charge in [0.15, 0.2) is 0 Å². The number of amides is 1. The number of nitrogens with one attached hydrogen (secondary N) is 2. The highest BCUT2D eigenvalue weighted by Gasteiger charge is 2.16. The molecule has 0 radical (unpaired) electrons. The average Bonchev–Trinajstić information content (AvgIpc) is 2.86. The Kier molecular flexibility index (Phi) is 11.7. The molecule has 0 saturated heterocycles. The Bertz CT molecular complexity index is 1110. The largest absolute Gasteiger partial charge is 0.322 e. The van der Waals surface area contributed by atoms with E-state index in [0.29, 0.717) is 11.5 Å². The maximum atomic E-state index is 12.7. The van der Waals surface area contributed by atoms with Crippen LogP contribution in [-0.4, -0.2) is 23.1 Å². The first-order valence-electron chi connectivity index (χ1n) is 13.3. The van der Waals surface area contributed by atoms with E-state index in [1.165, 1.54) is 11.3 Å². The zero-order valence-corrected chi connectivity index (χ0v) is 23.4. The van der Waals surface area contributed by atoms with Crippen LogP contribution in [0.1, 0.15) is 96.9 Å². The second-order valence-electron chi connectivity index (χ2n) is 9.37. The lowest BCUT2D eigenvalue weighted by atomic mass is 9.89. The van der Waals surface area contributed by atoms with E-state index in [4.69, 9.17) is 4.99 Å². The number of hydrogen-bond donors (Lipinski definition) is 2. The van der Waals surface area contributed by atoms with Gasteiger partial charge in [0.2, 0.25) is 0 Å². The standard InChI is InChI=1S/C29H38N4O.C2H6.2H2/c1-7-9-24-12-13-28(20(3)14-24)31-17-21(4)32-23(6)25-10-8-11-27(16-25)33-29(34)26-15-19(2)22(5)30-18-26;1-2;;/h8-11,13,15-18,20-21,23,32H,7,12,14H2,1-6H3,(H,33,34);1-2H3;2*1H/t20?,21?,23-;;;/m0.../s1. The Hall–Kier alpha value is -3.05. The molecule has 2 aromatic rings. The van der Waals surface area contributed by atoms with Crippen molar-refractivity contribution < 1.29 is 7.65 Å². The summed E-state index contributed by atoms with van der Waals surface area (Å²) >= 11 is 0. The lowest BCUT2D eigenvalue weighted by Gasteiger charge is -2.21. The molecule has 198 valence electrons. The van der Waals surface area contributed by atoms with Gasteiger partial charge in [-0.3, -0.25) is 14.8 Å². The van der Waals surface area contributed by atoms with Gasteiger partial charge in [-0.1, -0.05) is 57.6 Å². The van der Waals surface area contributed by atoms with Crippen LogP contribution in [-0.2, 0) is 0 Å². The van der Waals surface area contributed by atoms with E-state index in [9.17, 15) is 4.79 Å². The quantitative estimate of drug-likeness (QED) is 0.288. The van der Waals surface area contributed by atoms with E-state index in [1.807, 2.05) is 58.2 Å². The Morgan fingerprint density at radius 1 is 1.25 bits per heavy atom. The van der Waals surface area contributed by atoms with Crippen LogP contribution in [0.25, 0.3) is 0 Å². The van der Waals surface area contributed by atoms with Crippen molar-refractivity contribution in [1.82, 2.24) is 10.3 Å². The number of rotatable bonds is 8. The summed E-state index contributed by atoms with van der Waals surface area (Å²) in [7, 11) is 0. The molecule has 5 heteroatoms. The summed E-state index contributed by atoms with van der Waals surface area (Å²) in [6.45, 7) is 16.6. The third kappa shape index (κ3) is 8.56. The van der Waals surface area contributed by atoms with Crippen molar-refractivity contribution in [2.45, 2.75) is 86.7 Å². The zero-order valence-electron chi connectivity index (χ0n) is 23.4. The summed E-state index contributed by atoms with van der Waals surface area (Å²) in [6, 6.07) is 10.1. The number of aromatic nitrogens is 1. The van der Waals surface area contributed by atoms with Gasteiger partial charge in [-0.15, -0.1) is 0 Å². The molecule has 1 aromatic heterocycles. The molecule has 2 N–H and O–H groups in total. The maximum Gasteiger partial charge on any atom is 0.257 e. The number of allylic oxidation sites excluding steroid dienone is 4. The van der Waals surface area contributed by atoms with Crippen LogP contribution >= 0.6 is 0 Å². The summed E-state index contributed by atoms with van der Waals surface area (Å²) < 4.78 is 0. The predicted molar refractivity (Wildman–Crippen MR) is 158 cm³/mol. The Labute approximate surface area is 221 Å². The smallest absolute Gasteiger partial charge is 0.257 e. The number of aryl methyl sites for hydroxylation is 2. The molecule has 0 aliphatic heterocycles. The van der Waals surface area contributed by atoms with E-state index in [2.05, 4.69) is 61.5 Å². The third-order valence-electron chi connectivity index (χ3n) is 6.35. The lowest BCUT2D eigenvalue weighted by molar-refractivity contribution is 0.102. The first-order valence-corrected chi connectivity index (χ1v) is 13.3. The van der Waals surface area contributed by atoms with Crippen molar-refractivity contribution in [3.05, 3.63) is 82.3 Å². The minimum absolute atomic E-state index is 0. The molecule has 36 heavy (non-hydrogen) atoms. The van der Waals surface area contributed by atoms with Gasteiger partial charge in [0.05, 0.1) is 5.56 Å². The number of aliphatic imine (C=N–C) groups is 1. The number of benzene rings is 1. The highest BCUT2D eigenvalue weighted by atomic mass is 16.1. The van der Waals surface area contributed by atoms with Crippen molar-refractivity contribution >= 4 is 17.8 Å². The van der Waals surface area contributed by atoms with E-state index in [1.54, 1.807) is 6.20 Å². The molecule has 0 saturated carbocycles. The van der Waals surface area contributed by atoms with Gasteiger partial charge in [-0.25, -0.2) is 0 Å². The second-order valence-corrected chi connectivity index (χ2v) is 9.37. The molecule has 0 fully saturated rings. The van der Waals surface area contributed by atoms with Gasteiger partial charge in [0, 0.05) is 50.3 Å². The minimum atomic E-state index is -0.152. The van der Waals surface area contributed by atoms with Crippen molar-refractivity contribution in [3.8, 4) is 0 Å². The van der Waals surface area contributed by atoms with Crippen LogP contribution in [0.2, 0.25) is 0 Å². The number of hydrogen-bond acceptors (Lipinski definition) is 4. The number of pyridine rings is 1. The summed E-state index contributed by atoms with van der Waals surface area (Å²) in [4.78, 5) is 21.8. The monoisotopic (exact) mass is 492 g/mol. The average molecular weight is 493 g/mol. The van der Waals surface area contributed by atoms with Crippen molar-refractivity contribution in [2.24, 2.45) is 10.9 Å². The molecule has 1 aliphatic carbocycles. The Balaban J connectivity index is 0.00000334. The van der Waals surface area contributed by atoms with Crippen molar-refractivity contribution in [2.75, 3.05) is 5.32 Å². The number of carbonyl (C=O) groups excluding carboxylic acids is 1. The van der Waals surface area contributed by atoms with Crippen LogP contribution in [0.3, 0.4) is 0 Å². The summed E-state index contributed by atoms with van der Waals surface area (Å²) in [5.41, 5.74) is 7.08. The second kappa shape index (κ2) is 14.5. The molecular formula is C31H48N4O. The predicted octanol–water partition coefficient (Wildman–Crippen LogP) is 8.23. The van der Waals surface area contributed by atoms with Crippen LogP contribution < -0.4 is 10.6 Å².